The number of nitrogens with two attached hydrogens (primary N) is 1. The minimum absolute atomic E-state index is 0.524. The largest absolute Gasteiger partial charge is 0.481 e. The van der Waals surface area contributed by atoms with E-state index in [-0.39, 0.29) is 0 Å². The lowest BCUT2D eigenvalue weighted by Crippen LogP contribution is -2.08. The Morgan fingerprint density at radius 3 is 2.65 bits per heavy atom. The topological polar surface area (TPSA) is 63.3 Å². The van der Waals surface area contributed by atoms with Crippen LogP contribution < -0.4 is 5.73 Å². The van der Waals surface area contributed by atoms with Crippen LogP contribution in [0.1, 0.15) is 24.0 Å². The van der Waals surface area contributed by atoms with E-state index in [0.29, 0.717) is 6.54 Å². The Labute approximate surface area is 119 Å². The summed E-state index contributed by atoms with van der Waals surface area (Å²) in [5, 5.41) is 9.23. The average Bonchev–Trinajstić information content (AvgIpc) is 2.47. The monoisotopic (exact) mass is 269 g/mol. The highest BCUT2D eigenvalue weighted by Crippen LogP contribution is 2.30. The molecule has 0 bridgehead atoms. The van der Waals surface area contributed by atoms with Gasteiger partial charge in [0.1, 0.15) is 0 Å². The van der Waals surface area contributed by atoms with Crippen LogP contribution in [-0.2, 0) is 11.2 Å². The number of benzene rings is 2. The zero-order valence-corrected chi connectivity index (χ0v) is 11.5. The van der Waals surface area contributed by atoms with Crippen LogP contribution >= 0.6 is 0 Å². The molecule has 2 rings (SSSR count). The predicted octanol–water partition coefficient (Wildman–Crippen LogP) is 3.04. The zero-order chi connectivity index (χ0) is 14.5. The summed E-state index contributed by atoms with van der Waals surface area (Å²) in [6, 6.07) is 15.8. The summed E-state index contributed by atoms with van der Waals surface area (Å²) >= 11 is 0. The Hall–Kier alpha value is -2.13. The molecule has 0 aliphatic carbocycles. The van der Waals surface area contributed by atoms with E-state index >= 15 is 0 Å². The van der Waals surface area contributed by atoms with Crippen LogP contribution in [-0.4, -0.2) is 17.6 Å². The van der Waals surface area contributed by atoms with E-state index in [1.54, 1.807) is 6.92 Å². The van der Waals surface area contributed by atoms with Gasteiger partial charge in [0.25, 0.3) is 0 Å². The quantitative estimate of drug-likeness (QED) is 0.877. The smallest absolute Gasteiger partial charge is 0.310 e. The van der Waals surface area contributed by atoms with Gasteiger partial charge in [-0.15, -0.1) is 0 Å². The third-order valence-corrected chi connectivity index (χ3v) is 3.47. The van der Waals surface area contributed by atoms with Gasteiger partial charge in [0.15, 0.2) is 0 Å². The lowest BCUT2D eigenvalue weighted by atomic mass is 9.91. The van der Waals surface area contributed by atoms with Gasteiger partial charge in [-0.2, -0.15) is 0 Å². The molecule has 1 atom stereocenters. The molecule has 3 N–H and O–H groups in total. The van der Waals surface area contributed by atoms with Gasteiger partial charge in [-0.25, -0.2) is 0 Å². The highest BCUT2D eigenvalue weighted by atomic mass is 16.4. The molecule has 2 aromatic carbocycles. The molecule has 104 valence electrons. The van der Waals surface area contributed by atoms with E-state index in [1.807, 2.05) is 42.5 Å². The molecule has 2 aromatic rings. The van der Waals surface area contributed by atoms with Crippen molar-refractivity contribution < 1.29 is 9.90 Å². The van der Waals surface area contributed by atoms with Gasteiger partial charge < -0.3 is 10.8 Å². The predicted molar refractivity (Wildman–Crippen MR) is 80.7 cm³/mol. The molecule has 1 unspecified atom stereocenters. The van der Waals surface area contributed by atoms with Crippen molar-refractivity contribution in [3.63, 3.8) is 0 Å². The zero-order valence-electron chi connectivity index (χ0n) is 11.5. The average molecular weight is 269 g/mol. The van der Waals surface area contributed by atoms with E-state index in [2.05, 4.69) is 6.07 Å². The van der Waals surface area contributed by atoms with Crippen molar-refractivity contribution in [2.24, 2.45) is 5.73 Å². The van der Waals surface area contributed by atoms with Crippen molar-refractivity contribution in [2.45, 2.75) is 19.3 Å². The maximum atomic E-state index is 11.2. The molecule has 0 aliphatic rings. The van der Waals surface area contributed by atoms with E-state index < -0.39 is 11.9 Å². The fraction of sp³-hybridized carbons (Fsp3) is 0.235. The fourth-order valence-corrected chi connectivity index (χ4v) is 2.33. The van der Waals surface area contributed by atoms with Gasteiger partial charge in [0.2, 0.25) is 0 Å². The van der Waals surface area contributed by atoms with Crippen molar-refractivity contribution in [3.05, 3.63) is 59.7 Å². The molecule has 3 nitrogen and oxygen atoms in total. The molecule has 0 saturated heterocycles. The number of rotatable bonds is 5. The van der Waals surface area contributed by atoms with Crippen LogP contribution in [0.2, 0.25) is 0 Å². The molecular formula is C17H19NO2. The second-order valence-corrected chi connectivity index (χ2v) is 4.89. The molecule has 0 saturated carbocycles. The van der Waals surface area contributed by atoms with Gasteiger partial charge in [-0.05, 0) is 42.1 Å². The van der Waals surface area contributed by atoms with Crippen molar-refractivity contribution in [2.75, 3.05) is 6.54 Å². The third kappa shape index (κ3) is 3.06. The van der Waals surface area contributed by atoms with Crippen LogP contribution in [0.15, 0.2) is 48.5 Å². The molecule has 0 amide bonds. The number of hydrogen-bond acceptors (Lipinski definition) is 2. The summed E-state index contributed by atoms with van der Waals surface area (Å²) in [7, 11) is 0. The van der Waals surface area contributed by atoms with Crippen LogP contribution in [0, 0.1) is 0 Å². The maximum Gasteiger partial charge on any atom is 0.310 e. The summed E-state index contributed by atoms with van der Waals surface area (Å²) < 4.78 is 0. The molecule has 0 spiro atoms. The van der Waals surface area contributed by atoms with Gasteiger partial charge in [0.05, 0.1) is 5.92 Å². The van der Waals surface area contributed by atoms with E-state index in [0.717, 1.165) is 23.1 Å². The highest BCUT2D eigenvalue weighted by molar-refractivity contribution is 5.80. The number of aliphatic carboxylic acids is 1. The Morgan fingerprint density at radius 2 is 1.95 bits per heavy atom. The third-order valence-electron chi connectivity index (χ3n) is 3.47. The summed E-state index contributed by atoms with van der Waals surface area (Å²) in [4.78, 5) is 11.2. The van der Waals surface area contributed by atoms with Crippen LogP contribution in [0.5, 0.6) is 0 Å². The molecule has 20 heavy (non-hydrogen) atoms. The SMILES string of the molecule is CC(C(=O)O)c1ccccc1-c1cccc(CCN)c1. The second kappa shape index (κ2) is 6.35. The number of hydrogen-bond donors (Lipinski definition) is 2. The van der Waals surface area contributed by atoms with Crippen LogP contribution in [0.4, 0.5) is 0 Å². The summed E-state index contributed by atoms with van der Waals surface area (Å²) in [6.07, 6.45) is 0.824. The first-order valence-electron chi connectivity index (χ1n) is 6.74. The minimum Gasteiger partial charge on any atom is -0.481 e. The second-order valence-electron chi connectivity index (χ2n) is 4.89. The molecule has 0 fully saturated rings. The Morgan fingerprint density at radius 1 is 1.20 bits per heavy atom. The first kappa shape index (κ1) is 14.3. The van der Waals surface area contributed by atoms with Gasteiger partial charge in [-0.3, -0.25) is 4.79 Å². The van der Waals surface area contributed by atoms with Gasteiger partial charge in [-0.1, -0.05) is 48.5 Å². The van der Waals surface area contributed by atoms with Crippen LogP contribution in [0.3, 0.4) is 0 Å². The number of carboxylic acid groups (broad SMARTS) is 1. The first-order chi connectivity index (χ1) is 9.63. The summed E-state index contributed by atoms with van der Waals surface area (Å²) in [5.74, 6) is -1.33. The normalized spacial score (nSPS) is 12.1. The highest BCUT2D eigenvalue weighted by Gasteiger charge is 2.17. The van der Waals surface area contributed by atoms with Gasteiger partial charge in [0, 0.05) is 0 Å². The molecule has 0 radical (unpaired) electrons. The van der Waals surface area contributed by atoms with Crippen molar-refractivity contribution >= 4 is 5.97 Å². The molecule has 0 heterocycles. The molecule has 3 heteroatoms. The lowest BCUT2D eigenvalue weighted by Gasteiger charge is -2.14. The lowest BCUT2D eigenvalue weighted by molar-refractivity contribution is -0.138. The molecule has 0 aromatic heterocycles. The first-order valence-corrected chi connectivity index (χ1v) is 6.74. The Bertz CT molecular complexity index is 607. The minimum atomic E-state index is -0.810. The van der Waals surface area contributed by atoms with Crippen LogP contribution in [0.25, 0.3) is 11.1 Å². The van der Waals surface area contributed by atoms with Gasteiger partial charge >= 0.3 is 5.97 Å². The van der Waals surface area contributed by atoms with Crippen molar-refractivity contribution in [1.82, 2.24) is 0 Å². The maximum absolute atomic E-state index is 11.2. The Balaban J connectivity index is 2.47. The molecule has 0 aliphatic heterocycles. The Kier molecular flexibility index (Phi) is 4.53. The fourth-order valence-electron chi connectivity index (χ4n) is 2.33. The number of carbonyl (C=O) groups is 1. The summed E-state index contributed by atoms with van der Waals surface area (Å²) in [6.45, 7) is 2.32. The molecular weight excluding hydrogens is 250 g/mol. The van der Waals surface area contributed by atoms with E-state index in [4.69, 9.17) is 5.73 Å². The standard InChI is InChI=1S/C17H19NO2/c1-12(17(19)20)15-7-2-3-8-16(15)14-6-4-5-13(11-14)9-10-18/h2-8,11-12H,9-10,18H2,1H3,(H,19,20). The van der Waals surface area contributed by atoms with Crippen molar-refractivity contribution in [1.29, 1.82) is 0 Å². The summed E-state index contributed by atoms with van der Waals surface area (Å²) in [5.41, 5.74) is 9.61. The van der Waals surface area contributed by atoms with Crippen molar-refractivity contribution in [3.8, 4) is 11.1 Å². The van der Waals surface area contributed by atoms with E-state index in [1.165, 1.54) is 5.56 Å². The van der Waals surface area contributed by atoms with E-state index in [9.17, 15) is 9.90 Å². The number of carboxylic acids is 1.